The zero-order valence-electron chi connectivity index (χ0n) is 13.6. The van der Waals surface area contributed by atoms with Crippen LogP contribution < -0.4 is 10.6 Å². The monoisotopic (exact) mass is 322 g/mol. The Morgan fingerprint density at radius 3 is 2.39 bits per heavy atom. The first-order chi connectivity index (χ1) is 11.1. The number of aliphatic carboxylic acids is 1. The van der Waals surface area contributed by atoms with Gasteiger partial charge >= 0.3 is 12.1 Å². The molecule has 0 aliphatic carbocycles. The Balaban J connectivity index is 1.92. The molecule has 0 bridgehead atoms. The van der Waals surface area contributed by atoms with Gasteiger partial charge in [-0.05, 0) is 31.9 Å². The number of ether oxygens (including phenoxy) is 1. The van der Waals surface area contributed by atoms with E-state index >= 15 is 0 Å². The summed E-state index contributed by atoms with van der Waals surface area (Å²) in [6.45, 7) is 3.19. The first-order valence-corrected chi connectivity index (χ1v) is 8.00. The SMILES string of the molecule is CC(NCCCCCCNC(=O)OCc1ccccc1)C(=O)O. The molecule has 1 aromatic rings. The van der Waals surface area contributed by atoms with Gasteiger partial charge in [-0.25, -0.2) is 4.79 Å². The number of carboxylic acid groups (broad SMARTS) is 1. The van der Waals surface area contributed by atoms with Crippen LogP contribution in [0.3, 0.4) is 0 Å². The lowest BCUT2D eigenvalue weighted by Crippen LogP contribution is -2.34. The van der Waals surface area contributed by atoms with E-state index in [0.717, 1.165) is 31.2 Å². The molecule has 128 valence electrons. The molecular weight excluding hydrogens is 296 g/mol. The van der Waals surface area contributed by atoms with Crippen molar-refractivity contribution in [2.24, 2.45) is 0 Å². The summed E-state index contributed by atoms with van der Waals surface area (Å²) in [5.74, 6) is -0.830. The van der Waals surface area contributed by atoms with Gasteiger partial charge in [-0.15, -0.1) is 0 Å². The summed E-state index contributed by atoms with van der Waals surface area (Å²) in [6, 6.07) is 9.04. The Morgan fingerprint density at radius 2 is 1.74 bits per heavy atom. The number of hydrogen-bond donors (Lipinski definition) is 3. The van der Waals surface area contributed by atoms with Crippen molar-refractivity contribution in [3.63, 3.8) is 0 Å². The largest absolute Gasteiger partial charge is 0.480 e. The Kier molecular flexibility index (Phi) is 9.47. The Hall–Kier alpha value is -2.08. The van der Waals surface area contributed by atoms with Crippen molar-refractivity contribution in [3.05, 3.63) is 35.9 Å². The van der Waals surface area contributed by atoms with Crippen molar-refractivity contribution in [1.82, 2.24) is 10.6 Å². The maximum atomic E-state index is 11.5. The molecule has 6 nitrogen and oxygen atoms in total. The molecule has 0 saturated carbocycles. The molecule has 1 rings (SSSR count). The highest BCUT2D eigenvalue weighted by Gasteiger charge is 2.08. The number of alkyl carbamates (subject to hydrolysis) is 1. The van der Waals surface area contributed by atoms with Crippen LogP contribution in [0.2, 0.25) is 0 Å². The minimum atomic E-state index is -0.830. The van der Waals surface area contributed by atoms with Crippen molar-refractivity contribution in [2.45, 2.75) is 45.3 Å². The summed E-state index contributed by atoms with van der Waals surface area (Å²) in [5.41, 5.74) is 0.964. The van der Waals surface area contributed by atoms with Crippen LogP contribution in [-0.4, -0.2) is 36.3 Å². The molecule has 23 heavy (non-hydrogen) atoms. The molecule has 6 heteroatoms. The number of carbonyl (C=O) groups excluding carboxylic acids is 1. The van der Waals surface area contributed by atoms with Crippen LogP contribution in [-0.2, 0) is 16.1 Å². The third-order valence-corrected chi connectivity index (χ3v) is 3.41. The zero-order valence-corrected chi connectivity index (χ0v) is 13.6. The topological polar surface area (TPSA) is 87.7 Å². The van der Waals surface area contributed by atoms with E-state index in [4.69, 9.17) is 9.84 Å². The van der Waals surface area contributed by atoms with E-state index in [2.05, 4.69) is 10.6 Å². The van der Waals surface area contributed by atoms with Crippen LogP contribution >= 0.6 is 0 Å². The fourth-order valence-corrected chi connectivity index (χ4v) is 1.97. The van der Waals surface area contributed by atoms with Crippen molar-refractivity contribution in [3.8, 4) is 0 Å². The molecule has 0 fully saturated rings. The second-order valence-corrected chi connectivity index (χ2v) is 5.42. The summed E-state index contributed by atoms with van der Waals surface area (Å²) in [4.78, 5) is 22.1. The van der Waals surface area contributed by atoms with Crippen molar-refractivity contribution in [2.75, 3.05) is 13.1 Å². The van der Waals surface area contributed by atoms with Crippen molar-refractivity contribution < 1.29 is 19.4 Å². The molecule has 0 spiro atoms. The van der Waals surface area contributed by atoms with E-state index in [-0.39, 0.29) is 6.61 Å². The predicted octanol–water partition coefficient (Wildman–Crippen LogP) is 2.54. The highest BCUT2D eigenvalue weighted by atomic mass is 16.5. The average Bonchev–Trinajstić information content (AvgIpc) is 2.56. The Labute approximate surface area is 137 Å². The molecule has 1 unspecified atom stereocenters. The minimum Gasteiger partial charge on any atom is -0.480 e. The molecule has 1 aromatic carbocycles. The minimum absolute atomic E-state index is 0.278. The molecule has 0 aromatic heterocycles. The third-order valence-electron chi connectivity index (χ3n) is 3.41. The summed E-state index contributed by atoms with van der Waals surface area (Å²) in [5, 5.41) is 14.4. The predicted molar refractivity (Wildman–Crippen MR) is 88.2 cm³/mol. The smallest absolute Gasteiger partial charge is 0.407 e. The van der Waals surface area contributed by atoms with E-state index < -0.39 is 18.1 Å². The van der Waals surface area contributed by atoms with Crippen LogP contribution in [0.25, 0.3) is 0 Å². The van der Waals surface area contributed by atoms with E-state index in [9.17, 15) is 9.59 Å². The lowest BCUT2D eigenvalue weighted by atomic mass is 10.2. The number of benzene rings is 1. The fraction of sp³-hybridized carbons (Fsp3) is 0.529. The molecule has 1 atom stereocenters. The van der Waals surface area contributed by atoms with Crippen molar-refractivity contribution in [1.29, 1.82) is 0 Å². The highest BCUT2D eigenvalue weighted by molar-refractivity contribution is 5.72. The standard InChI is InChI=1S/C17H26N2O4/c1-14(16(20)21)18-11-7-2-3-8-12-19-17(22)23-13-15-9-5-4-6-10-15/h4-6,9-10,14,18H,2-3,7-8,11-13H2,1H3,(H,19,22)(H,20,21). The summed E-state index contributed by atoms with van der Waals surface area (Å²) in [6.07, 6.45) is 3.40. The maximum Gasteiger partial charge on any atom is 0.407 e. The normalized spacial score (nSPS) is 11.7. The number of hydrogen-bond acceptors (Lipinski definition) is 4. The van der Waals surface area contributed by atoms with Crippen LogP contribution in [0.15, 0.2) is 30.3 Å². The van der Waals surface area contributed by atoms with Crippen LogP contribution in [0.1, 0.15) is 38.2 Å². The lowest BCUT2D eigenvalue weighted by molar-refractivity contribution is -0.138. The third kappa shape index (κ3) is 9.52. The first-order valence-electron chi connectivity index (χ1n) is 8.00. The maximum absolute atomic E-state index is 11.5. The zero-order chi connectivity index (χ0) is 16.9. The first kappa shape index (κ1) is 19.0. The van der Waals surface area contributed by atoms with E-state index in [1.807, 2.05) is 30.3 Å². The Bertz CT molecular complexity index is 465. The molecule has 1 amide bonds. The molecule has 0 heterocycles. The van der Waals surface area contributed by atoms with Gasteiger partial charge in [0.05, 0.1) is 0 Å². The summed E-state index contributed by atoms with van der Waals surface area (Å²) >= 11 is 0. The summed E-state index contributed by atoms with van der Waals surface area (Å²) < 4.78 is 5.11. The number of rotatable bonds is 11. The van der Waals surface area contributed by atoms with Gasteiger partial charge in [0, 0.05) is 6.54 Å². The van der Waals surface area contributed by atoms with Gasteiger partial charge in [0.2, 0.25) is 0 Å². The van der Waals surface area contributed by atoms with E-state index in [1.165, 1.54) is 0 Å². The quantitative estimate of drug-likeness (QED) is 0.545. The molecule has 0 aliphatic heterocycles. The average molecular weight is 322 g/mol. The number of unbranched alkanes of at least 4 members (excludes halogenated alkanes) is 3. The van der Waals surface area contributed by atoms with Gasteiger partial charge in [0.1, 0.15) is 12.6 Å². The molecular formula is C17H26N2O4. The lowest BCUT2D eigenvalue weighted by Gasteiger charge is -2.09. The number of nitrogens with one attached hydrogen (secondary N) is 2. The van der Waals surface area contributed by atoms with Gasteiger partial charge in [-0.2, -0.15) is 0 Å². The second-order valence-electron chi connectivity index (χ2n) is 5.42. The fourth-order valence-electron chi connectivity index (χ4n) is 1.97. The number of carbonyl (C=O) groups is 2. The Morgan fingerprint density at radius 1 is 1.09 bits per heavy atom. The van der Waals surface area contributed by atoms with E-state index in [0.29, 0.717) is 13.1 Å². The van der Waals surface area contributed by atoms with Gasteiger partial charge in [-0.3, -0.25) is 4.79 Å². The molecule has 3 N–H and O–H groups in total. The van der Waals surface area contributed by atoms with Gasteiger partial charge < -0.3 is 20.5 Å². The second kappa shape index (κ2) is 11.5. The van der Waals surface area contributed by atoms with Crippen molar-refractivity contribution >= 4 is 12.1 Å². The number of amides is 1. The summed E-state index contributed by atoms with van der Waals surface area (Å²) in [7, 11) is 0. The van der Waals surface area contributed by atoms with Gasteiger partial charge in [0.15, 0.2) is 0 Å². The molecule has 0 radical (unpaired) electrons. The van der Waals surface area contributed by atoms with Crippen LogP contribution in [0.5, 0.6) is 0 Å². The molecule has 0 aliphatic rings. The number of carboxylic acids is 1. The van der Waals surface area contributed by atoms with Crippen LogP contribution in [0, 0.1) is 0 Å². The molecule has 0 saturated heterocycles. The van der Waals surface area contributed by atoms with Crippen LogP contribution in [0.4, 0.5) is 4.79 Å². The highest BCUT2D eigenvalue weighted by Crippen LogP contribution is 2.01. The van der Waals surface area contributed by atoms with Gasteiger partial charge in [-0.1, -0.05) is 43.2 Å². The van der Waals surface area contributed by atoms with E-state index in [1.54, 1.807) is 6.92 Å². The van der Waals surface area contributed by atoms with Gasteiger partial charge in [0.25, 0.3) is 0 Å².